The normalized spacial score (nSPS) is 11.4. The van der Waals surface area contributed by atoms with E-state index < -0.39 is 0 Å². The minimum Gasteiger partial charge on any atom is -0.395 e. The zero-order valence-electron chi connectivity index (χ0n) is 16.2. The van der Waals surface area contributed by atoms with Crippen molar-refractivity contribution in [3.63, 3.8) is 0 Å². The van der Waals surface area contributed by atoms with Crippen LogP contribution in [0.4, 0.5) is 11.5 Å². The minimum atomic E-state index is 0.149. The first-order valence-electron chi connectivity index (χ1n) is 9.80. The molecule has 2 aromatic carbocycles. The van der Waals surface area contributed by atoms with Crippen molar-refractivity contribution >= 4 is 44.0 Å². The van der Waals surface area contributed by atoms with Gasteiger partial charge in [-0.05, 0) is 41.5 Å². The number of aromatic amines is 1. The molecule has 0 radical (unpaired) electrons. The molecule has 30 heavy (non-hydrogen) atoms. The number of hydrogen-bond acceptors (Lipinski definition) is 6. The van der Waals surface area contributed by atoms with Crippen molar-refractivity contribution in [1.82, 2.24) is 20.3 Å². The number of aromatic nitrogens is 3. The first-order chi connectivity index (χ1) is 14.8. The summed E-state index contributed by atoms with van der Waals surface area (Å²) < 4.78 is 1.04. The van der Waals surface area contributed by atoms with Crippen molar-refractivity contribution in [2.24, 2.45) is 0 Å². The number of aliphatic hydroxyl groups is 1. The average molecular weight is 416 g/mol. The molecular weight excluding hydrogens is 394 g/mol. The number of nitrogens with zero attached hydrogens (tertiary/aromatic N) is 2. The van der Waals surface area contributed by atoms with Crippen LogP contribution in [0.25, 0.3) is 31.6 Å². The fourth-order valence-corrected chi connectivity index (χ4v) is 4.51. The number of hydrogen-bond donors (Lipinski definition) is 4. The van der Waals surface area contributed by atoms with Gasteiger partial charge in [-0.2, -0.15) is 0 Å². The number of aliphatic hydroxyl groups excluding tert-OH is 1. The Kier molecular flexibility index (Phi) is 5.15. The number of fused-ring (bicyclic) bond motifs is 2. The predicted molar refractivity (Wildman–Crippen MR) is 123 cm³/mol. The quantitative estimate of drug-likeness (QED) is 0.290. The Morgan fingerprint density at radius 1 is 1.00 bits per heavy atom. The molecule has 0 fully saturated rings. The first kappa shape index (κ1) is 18.7. The van der Waals surface area contributed by atoms with Crippen LogP contribution in [0.3, 0.4) is 0 Å². The number of benzene rings is 2. The highest BCUT2D eigenvalue weighted by molar-refractivity contribution is 7.22. The minimum absolute atomic E-state index is 0.149. The second-order valence-electron chi connectivity index (χ2n) is 7.05. The molecule has 5 aromatic rings. The highest BCUT2D eigenvalue weighted by atomic mass is 32.1. The van der Waals surface area contributed by atoms with Gasteiger partial charge in [0.25, 0.3) is 0 Å². The fourth-order valence-electron chi connectivity index (χ4n) is 3.45. The number of thiophene rings is 1. The van der Waals surface area contributed by atoms with Gasteiger partial charge in [0.15, 0.2) is 5.82 Å². The Morgan fingerprint density at radius 3 is 2.77 bits per heavy atom. The molecule has 3 heterocycles. The van der Waals surface area contributed by atoms with Crippen molar-refractivity contribution in [1.29, 1.82) is 0 Å². The maximum atomic E-state index is 8.88. The van der Waals surface area contributed by atoms with Crippen LogP contribution < -0.4 is 10.6 Å². The topological polar surface area (TPSA) is 85.9 Å². The third kappa shape index (κ3) is 3.78. The van der Waals surface area contributed by atoms with Crippen molar-refractivity contribution in [2.45, 2.75) is 6.54 Å². The maximum absolute atomic E-state index is 8.88. The summed E-state index contributed by atoms with van der Waals surface area (Å²) in [5.74, 6) is 0.816. The molecule has 7 heteroatoms. The molecule has 0 aliphatic carbocycles. The predicted octanol–water partition coefficient (Wildman–Crippen LogP) is 4.67. The zero-order chi connectivity index (χ0) is 20.3. The summed E-state index contributed by atoms with van der Waals surface area (Å²) in [6.07, 6.45) is 3.54. The Morgan fingerprint density at radius 2 is 1.90 bits per heavy atom. The second-order valence-corrected chi connectivity index (χ2v) is 8.10. The molecule has 0 unspecified atom stereocenters. The van der Waals surface area contributed by atoms with E-state index in [1.54, 1.807) is 17.7 Å². The lowest BCUT2D eigenvalue weighted by Crippen LogP contribution is -2.17. The largest absolute Gasteiger partial charge is 0.395 e. The van der Waals surface area contributed by atoms with E-state index in [2.05, 4.69) is 74.1 Å². The third-order valence-corrected chi connectivity index (χ3v) is 6.16. The fraction of sp³-hybridized carbons (Fsp3) is 0.130. The van der Waals surface area contributed by atoms with Crippen molar-refractivity contribution < 1.29 is 5.11 Å². The summed E-state index contributed by atoms with van der Waals surface area (Å²) in [4.78, 5) is 13.3. The summed E-state index contributed by atoms with van der Waals surface area (Å²) in [6.45, 7) is 1.50. The van der Waals surface area contributed by atoms with Crippen LogP contribution in [-0.4, -0.2) is 33.2 Å². The van der Waals surface area contributed by atoms with Crippen LogP contribution in [0.15, 0.2) is 67.1 Å². The van der Waals surface area contributed by atoms with E-state index in [9.17, 15) is 0 Å². The third-order valence-electron chi connectivity index (χ3n) is 4.98. The zero-order valence-corrected chi connectivity index (χ0v) is 17.0. The molecule has 0 spiro atoms. The Balaban J connectivity index is 1.42. The Bertz CT molecular complexity index is 1290. The number of rotatable bonds is 7. The van der Waals surface area contributed by atoms with Gasteiger partial charge in [-0.3, -0.25) is 0 Å². The van der Waals surface area contributed by atoms with E-state index in [1.807, 2.05) is 12.3 Å². The molecule has 0 aliphatic heterocycles. The van der Waals surface area contributed by atoms with Gasteiger partial charge in [0.05, 0.1) is 16.8 Å². The number of nitrogens with one attached hydrogen (secondary N) is 3. The lowest BCUT2D eigenvalue weighted by atomic mass is 10.1. The molecule has 6 nitrogen and oxygen atoms in total. The molecule has 0 saturated heterocycles. The summed E-state index contributed by atoms with van der Waals surface area (Å²) >= 11 is 1.69. The summed E-state index contributed by atoms with van der Waals surface area (Å²) in [6, 6.07) is 18.9. The monoisotopic (exact) mass is 415 g/mol. The summed E-state index contributed by atoms with van der Waals surface area (Å²) in [7, 11) is 0. The molecule has 0 amide bonds. The molecular formula is C23H21N5OS. The van der Waals surface area contributed by atoms with Gasteiger partial charge >= 0.3 is 0 Å². The van der Waals surface area contributed by atoms with Crippen LogP contribution in [0.1, 0.15) is 5.56 Å². The van der Waals surface area contributed by atoms with Crippen LogP contribution in [0.2, 0.25) is 0 Å². The van der Waals surface area contributed by atoms with Gasteiger partial charge in [0.1, 0.15) is 6.33 Å². The summed E-state index contributed by atoms with van der Waals surface area (Å²) in [5, 5.41) is 16.7. The molecule has 3 aromatic heterocycles. The number of H-pyrrole nitrogens is 1. The molecule has 0 aliphatic rings. The van der Waals surface area contributed by atoms with E-state index >= 15 is 0 Å². The smallest absolute Gasteiger partial charge is 0.151 e. The lowest BCUT2D eigenvalue weighted by Gasteiger charge is -2.06. The van der Waals surface area contributed by atoms with E-state index in [0.717, 1.165) is 49.6 Å². The van der Waals surface area contributed by atoms with E-state index in [1.165, 1.54) is 5.56 Å². The van der Waals surface area contributed by atoms with Gasteiger partial charge in [0, 0.05) is 40.8 Å². The molecule has 4 N–H and O–H groups in total. The van der Waals surface area contributed by atoms with Crippen LogP contribution in [-0.2, 0) is 6.54 Å². The van der Waals surface area contributed by atoms with Crippen molar-refractivity contribution in [3.8, 4) is 10.4 Å². The van der Waals surface area contributed by atoms with Gasteiger partial charge in [-0.1, -0.05) is 24.3 Å². The van der Waals surface area contributed by atoms with Crippen LogP contribution >= 0.6 is 11.3 Å². The van der Waals surface area contributed by atoms with Gasteiger partial charge in [-0.25, -0.2) is 9.97 Å². The standard InChI is InChI=1S/C23H21N5OS/c29-10-9-24-13-15-1-3-16(4-2-15)21-12-20-22(30-21)23(27-14-26-20)28-18-5-6-19-17(11-18)7-8-25-19/h1-8,11-12,14,24-25,29H,9-10,13H2,(H,26,27,28). The lowest BCUT2D eigenvalue weighted by molar-refractivity contribution is 0.292. The van der Waals surface area contributed by atoms with E-state index in [0.29, 0.717) is 6.54 Å². The SMILES string of the molecule is OCCNCc1ccc(-c2cc3ncnc(Nc4ccc5[nH]ccc5c4)c3s2)cc1. The van der Waals surface area contributed by atoms with Gasteiger partial charge in [-0.15, -0.1) is 11.3 Å². The highest BCUT2D eigenvalue weighted by Crippen LogP contribution is 2.36. The molecule has 0 atom stereocenters. The van der Waals surface area contributed by atoms with Crippen LogP contribution in [0, 0.1) is 0 Å². The second kappa shape index (κ2) is 8.23. The van der Waals surface area contributed by atoms with E-state index in [4.69, 9.17) is 5.11 Å². The average Bonchev–Trinajstić information content (AvgIpc) is 3.41. The molecule has 0 bridgehead atoms. The van der Waals surface area contributed by atoms with Gasteiger partial charge in [0.2, 0.25) is 0 Å². The first-order valence-corrected chi connectivity index (χ1v) is 10.6. The van der Waals surface area contributed by atoms with Crippen molar-refractivity contribution in [3.05, 3.63) is 72.7 Å². The molecule has 5 rings (SSSR count). The van der Waals surface area contributed by atoms with Crippen LogP contribution in [0.5, 0.6) is 0 Å². The number of anilines is 2. The molecule has 0 saturated carbocycles. The highest BCUT2D eigenvalue weighted by Gasteiger charge is 2.11. The summed E-state index contributed by atoms with van der Waals surface area (Å²) in [5.41, 5.74) is 5.39. The van der Waals surface area contributed by atoms with Crippen molar-refractivity contribution in [2.75, 3.05) is 18.5 Å². The Labute approximate surface area is 177 Å². The molecule has 150 valence electrons. The van der Waals surface area contributed by atoms with Gasteiger partial charge < -0.3 is 20.7 Å². The maximum Gasteiger partial charge on any atom is 0.151 e. The Hall–Kier alpha value is -3.26. The van der Waals surface area contributed by atoms with E-state index in [-0.39, 0.29) is 6.61 Å².